The van der Waals surface area contributed by atoms with E-state index in [1.165, 1.54) is 25.3 Å². The first kappa shape index (κ1) is 19.6. The topological polar surface area (TPSA) is 64.6 Å². The standard InChI is InChI=1S/C24H20FNO4/c1-14-11-12-16(13-15(14)2)24(21-18(23(28)30-24)8-6-9-19(21)25)26-20-10-5-4-7-17(20)22(27)29-3/h4-13,26H,1-3H3. The average Bonchev–Trinajstić information content (AvgIpc) is 3.03. The second kappa shape index (κ2) is 7.30. The van der Waals surface area contributed by atoms with E-state index in [2.05, 4.69) is 5.32 Å². The van der Waals surface area contributed by atoms with Gasteiger partial charge in [-0.2, -0.15) is 0 Å². The van der Waals surface area contributed by atoms with E-state index in [-0.39, 0.29) is 16.7 Å². The van der Waals surface area contributed by atoms with Crippen molar-refractivity contribution < 1.29 is 23.5 Å². The highest BCUT2D eigenvalue weighted by molar-refractivity contribution is 5.98. The SMILES string of the molecule is COC(=O)c1ccccc1NC1(c2ccc(C)c(C)c2)OC(=O)c2cccc(F)c21. The largest absolute Gasteiger partial charge is 0.465 e. The van der Waals surface area contributed by atoms with Crippen LogP contribution in [-0.4, -0.2) is 19.0 Å². The highest BCUT2D eigenvalue weighted by atomic mass is 19.1. The van der Waals surface area contributed by atoms with Crippen molar-refractivity contribution in [1.29, 1.82) is 0 Å². The highest BCUT2D eigenvalue weighted by Crippen LogP contribution is 2.44. The Kier molecular flexibility index (Phi) is 4.78. The molecule has 30 heavy (non-hydrogen) atoms. The number of rotatable bonds is 4. The fourth-order valence-electron chi connectivity index (χ4n) is 3.69. The molecule has 4 rings (SSSR count). The monoisotopic (exact) mass is 405 g/mol. The molecule has 0 aliphatic carbocycles. The van der Waals surface area contributed by atoms with Crippen LogP contribution < -0.4 is 5.32 Å². The lowest BCUT2D eigenvalue weighted by atomic mass is 9.90. The molecule has 6 heteroatoms. The third-order valence-corrected chi connectivity index (χ3v) is 5.39. The number of carbonyl (C=O) groups is 2. The van der Waals surface area contributed by atoms with E-state index >= 15 is 4.39 Å². The molecule has 0 spiro atoms. The van der Waals surface area contributed by atoms with Crippen LogP contribution in [0.4, 0.5) is 10.1 Å². The molecule has 1 unspecified atom stereocenters. The number of halogens is 1. The molecule has 0 aromatic heterocycles. The summed E-state index contributed by atoms with van der Waals surface area (Å²) in [6, 6.07) is 16.4. The molecule has 0 amide bonds. The first-order valence-electron chi connectivity index (χ1n) is 9.43. The van der Waals surface area contributed by atoms with Crippen LogP contribution in [-0.2, 0) is 15.2 Å². The quantitative estimate of drug-likeness (QED) is 0.637. The summed E-state index contributed by atoms with van der Waals surface area (Å²) in [4.78, 5) is 25.0. The van der Waals surface area contributed by atoms with Gasteiger partial charge in [0.25, 0.3) is 0 Å². The Morgan fingerprint density at radius 1 is 1.03 bits per heavy atom. The zero-order valence-corrected chi connectivity index (χ0v) is 16.8. The van der Waals surface area contributed by atoms with Crippen molar-refractivity contribution in [2.24, 2.45) is 0 Å². The van der Waals surface area contributed by atoms with E-state index in [1.54, 1.807) is 30.3 Å². The number of carbonyl (C=O) groups excluding carboxylic acids is 2. The van der Waals surface area contributed by atoms with Gasteiger partial charge in [-0.15, -0.1) is 0 Å². The third-order valence-electron chi connectivity index (χ3n) is 5.39. The summed E-state index contributed by atoms with van der Waals surface area (Å²) in [6.07, 6.45) is 0. The molecule has 1 N–H and O–H groups in total. The summed E-state index contributed by atoms with van der Waals surface area (Å²) in [5.41, 5.74) is 1.71. The van der Waals surface area contributed by atoms with E-state index in [4.69, 9.17) is 9.47 Å². The van der Waals surface area contributed by atoms with Crippen LogP contribution in [0.2, 0.25) is 0 Å². The minimum atomic E-state index is -1.64. The minimum Gasteiger partial charge on any atom is -0.465 e. The van der Waals surface area contributed by atoms with Gasteiger partial charge >= 0.3 is 11.9 Å². The Balaban J connectivity index is 1.98. The molecule has 0 saturated heterocycles. The Hall–Kier alpha value is -3.67. The molecular weight excluding hydrogens is 385 g/mol. The Morgan fingerprint density at radius 3 is 2.53 bits per heavy atom. The van der Waals surface area contributed by atoms with Crippen LogP contribution in [0, 0.1) is 19.7 Å². The highest BCUT2D eigenvalue weighted by Gasteiger charge is 2.50. The van der Waals surface area contributed by atoms with Crippen molar-refractivity contribution in [3.63, 3.8) is 0 Å². The molecule has 152 valence electrons. The maximum Gasteiger partial charge on any atom is 0.341 e. The third kappa shape index (κ3) is 3.01. The van der Waals surface area contributed by atoms with E-state index in [9.17, 15) is 9.59 Å². The van der Waals surface area contributed by atoms with Crippen molar-refractivity contribution in [3.05, 3.63) is 99.9 Å². The predicted octanol–water partition coefficient (Wildman–Crippen LogP) is 4.71. The van der Waals surface area contributed by atoms with Crippen molar-refractivity contribution in [3.8, 4) is 0 Å². The number of nitrogens with one attached hydrogen (secondary N) is 1. The second-order valence-electron chi connectivity index (χ2n) is 7.19. The van der Waals surface area contributed by atoms with Gasteiger partial charge in [-0.05, 0) is 55.3 Å². The molecule has 1 aliphatic heterocycles. The Bertz CT molecular complexity index is 1170. The van der Waals surface area contributed by atoms with Gasteiger partial charge in [-0.25, -0.2) is 14.0 Å². The van der Waals surface area contributed by atoms with Crippen LogP contribution in [0.1, 0.15) is 43.0 Å². The zero-order valence-electron chi connectivity index (χ0n) is 16.8. The van der Waals surface area contributed by atoms with Gasteiger partial charge in [0.2, 0.25) is 5.72 Å². The first-order valence-corrected chi connectivity index (χ1v) is 9.43. The number of anilines is 1. The lowest BCUT2D eigenvalue weighted by molar-refractivity contribution is 0.0205. The number of cyclic esters (lactones) is 1. The normalized spacial score (nSPS) is 17.3. The van der Waals surface area contributed by atoms with Crippen molar-refractivity contribution in [1.82, 2.24) is 0 Å². The number of esters is 2. The summed E-state index contributed by atoms with van der Waals surface area (Å²) in [5, 5.41) is 3.14. The van der Waals surface area contributed by atoms with Crippen LogP contribution in [0.5, 0.6) is 0 Å². The van der Waals surface area contributed by atoms with Crippen molar-refractivity contribution in [2.75, 3.05) is 12.4 Å². The van der Waals surface area contributed by atoms with Gasteiger partial charge in [0, 0.05) is 5.56 Å². The van der Waals surface area contributed by atoms with Gasteiger partial charge in [0.05, 0.1) is 29.5 Å². The van der Waals surface area contributed by atoms with Crippen molar-refractivity contribution in [2.45, 2.75) is 19.6 Å². The zero-order chi connectivity index (χ0) is 21.5. The number of para-hydroxylation sites is 1. The lowest BCUT2D eigenvalue weighted by Crippen LogP contribution is -2.38. The van der Waals surface area contributed by atoms with E-state index in [0.717, 1.165) is 11.1 Å². The van der Waals surface area contributed by atoms with Crippen molar-refractivity contribution >= 4 is 17.6 Å². The van der Waals surface area contributed by atoms with E-state index < -0.39 is 23.5 Å². The smallest absolute Gasteiger partial charge is 0.341 e. The van der Waals surface area contributed by atoms with E-state index in [0.29, 0.717) is 11.3 Å². The van der Waals surface area contributed by atoms with E-state index in [1.807, 2.05) is 26.0 Å². The second-order valence-corrected chi connectivity index (χ2v) is 7.19. The number of methoxy groups -OCH3 is 1. The molecular formula is C24H20FNO4. The predicted molar refractivity (Wildman–Crippen MR) is 110 cm³/mol. The summed E-state index contributed by atoms with van der Waals surface area (Å²) >= 11 is 0. The molecule has 0 bridgehead atoms. The van der Waals surface area contributed by atoms with Crippen LogP contribution in [0.15, 0.2) is 60.7 Å². The summed E-state index contributed by atoms with van der Waals surface area (Å²) in [7, 11) is 1.28. The van der Waals surface area contributed by atoms with Gasteiger partial charge in [-0.3, -0.25) is 0 Å². The van der Waals surface area contributed by atoms with Gasteiger partial charge in [0.15, 0.2) is 0 Å². The molecule has 1 atom stereocenters. The molecule has 3 aromatic rings. The lowest BCUT2D eigenvalue weighted by Gasteiger charge is -2.32. The van der Waals surface area contributed by atoms with Gasteiger partial charge in [0.1, 0.15) is 5.82 Å². The molecule has 5 nitrogen and oxygen atoms in total. The van der Waals surface area contributed by atoms with Gasteiger partial charge in [-0.1, -0.05) is 30.3 Å². The minimum absolute atomic E-state index is 0.0814. The van der Waals surface area contributed by atoms with Gasteiger partial charge < -0.3 is 14.8 Å². The summed E-state index contributed by atoms with van der Waals surface area (Å²) < 4.78 is 25.8. The molecule has 1 heterocycles. The molecule has 0 fully saturated rings. The number of benzene rings is 3. The van der Waals surface area contributed by atoms with Crippen LogP contribution in [0.25, 0.3) is 0 Å². The number of aryl methyl sites for hydroxylation is 2. The summed E-state index contributed by atoms with van der Waals surface area (Å²) in [5.74, 6) is -1.79. The number of hydrogen-bond donors (Lipinski definition) is 1. The number of ether oxygens (including phenoxy) is 2. The maximum atomic E-state index is 15.1. The Labute approximate surface area is 173 Å². The first-order chi connectivity index (χ1) is 14.4. The Morgan fingerprint density at radius 2 is 1.80 bits per heavy atom. The summed E-state index contributed by atoms with van der Waals surface area (Å²) in [6.45, 7) is 3.88. The fourth-order valence-corrected chi connectivity index (χ4v) is 3.69. The maximum absolute atomic E-state index is 15.1. The molecule has 0 saturated carbocycles. The number of hydrogen-bond acceptors (Lipinski definition) is 5. The van der Waals surface area contributed by atoms with Crippen LogP contribution >= 0.6 is 0 Å². The van der Waals surface area contributed by atoms with Crippen LogP contribution in [0.3, 0.4) is 0 Å². The average molecular weight is 405 g/mol. The fraction of sp³-hybridized carbons (Fsp3) is 0.167. The molecule has 1 aliphatic rings. The molecule has 3 aromatic carbocycles. The molecule has 0 radical (unpaired) electrons. The number of fused-ring (bicyclic) bond motifs is 1.